The fraction of sp³-hybridized carbons (Fsp3) is 0.421. The van der Waals surface area contributed by atoms with Gasteiger partial charge in [0.05, 0.1) is 19.8 Å². The molecule has 2 fully saturated rings. The molecule has 1 N–H and O–H groups in total. The van der Waals surface area contributed by atoms with Crippen LogP contribution < -0.4 is 5.32 Å². The van der Waals surface area contributed by atoms with E-state index in [0.29, 0.717) is 38.3 Å². The maximum atomic E-state index is 13.4. The highest BCUT2D eigenvalue weighted by atomic mass is 32.2. The van der Waals surface area contributed by atoms with Crippen molar-refractivity contribution in [2.75, 3.05) is 26.3 Å². The van der Waals surface area contributed by atoms with Crippen LogP contribution in [0, 0.1) is 17.6 Å². The molecule has 2 heterocycles. The van der Waals surface area contributed by atoms with Crippen LogP contribution in [0.3, 0.4) is 0 Å². The number of hydrogen-bond acceptors (Lipinski definition) is 5. The van der Waals surface area contributed by atoms with Crippen LogP contribution in [0.5, 0.6) is 0 Å². The first-order chi connectivity index (χ1) is 13.9. The van der Waals surface area contributed by atoms with Crippen molar-refractivity contribution in [3.05, 3.63) is 52.4 Å². The molecule has 1 amide bonds. The molecule has 1 saturated carbocycles. The normalized spacial score (nSPS) is 22.4. The first kappa shape index (κ1) is 20.4. The number of carbonyl (C=O) groups excluding carboxylic acids is 1. The van der Waals surface area contributed by atoms with Crippen LogP contribution in [0.1, 0.15) is 22.8 Å². The van der Waals surface area contributed by atoms with E-state index in [0.717, 1.165) is 28.3 Å². The van der Waals surface area contributed by atoms with E-state index in [9.17, 15) is 22.0 Å². The predicted octanol–water partition coefficient (Wildman–Crippen LogP) is 2.47. The Kier molecular flexibility index (Phi) is 5.69. The average molecular weight is 443 g/mol. The Labute approximate surface area is 171 Å². The third-order valence-electron chi connectivity index (χ3n) is 5.14. The highest BCUT2D eigenvalue weighted by Gasteiger charge is 2.44. The standard InChI is InChI=1S/C19H20F2N2O4S2/c20-16-3-1-12(9-17(16)21)14-10-15(14)19(24)22-11-13-2-4-18(28-13)29(25,26)23-5-7-27-8-6-23/h1-4,9,14-15H,5-8,10-11H2,(H,22,24). The van der Waals surface area contributed by atoms with Gasteiger partial charge < -0.3 is 10.1 Å². The summed E-state index contributed by atoms with van der Waals surface area (Å²) < 4.78 is 58.5. The van der Waals surface area contributed by atoms with Gasteiger partial charge in [0, 0.05) is 23.9 Å². The quantitative estimate of drug-likeness (QED) is 0.746. The van der Waals surface area contributed by atoms with Gasteiger partial charge in [-0.05, 0) is 42.2 Å². The van der Waals surface area contributed by atoms with Crippen molar-refractivity contribution in [1.29, 1.82) is 0 Å². The monoisotopic (exact) mass is 442 g/mol. The summed E-state index contributed by atoms with van der Waals surface area (Å²) in [5.74, 6) is -2.40. The molecule has 1 aliphatic heterocycles. The third-order valence-corrected chi connectivity index (χ3v) is 8.59. The summed E-state index contributed by atoms with van der Waals surface area (Å²) in [5.41, 5.74) is 0.610. The summed E-state index contributed by atoms with van der Waals surface area (Å²) >= 11 is 1.13. The number of benzene rings is 1. The molecule has 6 nitrogen and oxygen atoms in total. The van der Waals surface area contributed by atoms with Gasteiger partial charge >= 0.3 is 0 Å². The SMILES string of the molecule is O=C(NCc1ccc(S(=O)(=O)N2CCOCC2)s1)C1CC1c1ccc(F)c(F)c1. The number of thiophene rings is 1. The number of morpholine rings is 1. The van der Waals surface area contributed by atoms with Gasteiger partial charge in [0.25, 0.3) is 10.0 Å². The Morgan fingerprint density at radius 2 is 1.93 bits per heavy atom. The first-order valence-corrected chi connectivity index (χ1v) is 11.5. The lowest BCUT2D eigenvalue weighted by Crippen LogP contribution is -2.40. The van der Waals surface area contributed by atoms with E-state index in [4.69, 9.17) is 4.74 Å². The van der Waals surface area contributed by atoms with E-state index < -0.39 is 21.7 Å². The van der Waals surface area contributed by atoms with E-state index in [2.05, 4.69) is 5.32 Å². The minimum atomic E-state index is -3.54. The molecule has 10 heteroatoms. The van der Waals surface area contributed by atoms with Gasteiger partial charge in [0.15, 0.2) is 11.6 Å². The summed E-state index contributed by atoms with van der Waals surface area (Å²) in [6.07, 6.45) is 0.581. The number of carbonyl (C=O) groups is 1. The summed E-state index contributed by atoms with van der Waals surface area (Å²) in [7, 11) is -3.54. The van der Waals surface area contributed by atoms with Gasteiger partial charge in [-0.15, -0.1) is 11.3 Å². The van der Waals surface area contributed by atoms with Crippen LogP contribution in [0.4, 0.5) is 8.78 Å². The van der Waals surface area contributed by atoms with Crippen molar-refractivity contribution < 1.29 is 26.7 Å². The second kappa shape index (κ2) is 8.10. The molecule has 1 aliphatic carbocycles. The summed E-state index contributed by atoms with van der Waals surface area (Å²) in [6.45, 7) is 1.66. The average Bonchev–Trinajstić information content (AvgIpc) is 3.37. The molecular formula is C19H20F2N2O4S2. The zero-order chi connectivity index (χ0) is 20.6. The lowest BCUT2D eigenvalue weighted by atomic mass is 10.1. The Balaban J connectivity index is 1.33. The molecule has 0 bridgehead atoms. The van der Waals surface area contributed by atoms with Crippen LogP contribution in [-0.2, 0) is 26.1 Å². The van der Waals surface area contributed by atoms with Gasteiger partial charge in [0.1, 0.15) is 4.21 Å². The topological polar surface area (TPSA) is 75.7 Å². The van der Waals surface area contributed by atoms with Crippen molar-refractivity contribution in [2.24, 2.45) is 5.92 Å². The van der Waals surface area contributed by atoms with Gasteiger partial charge in [-0.3, -0.25) is 4.79 Å². The molecule has 1 saturated heterocycles. The highest BCUT2D eigenvalue weighted by molar-refractivity contribution is 7.91. The van der Waals surface area contributed by atoms with Crippen LogP contribution >= 0.6 is 11.3 Å². The number of nitrogens with zero attached hydrogens (tertiary/aromatic N) is 1. The molecule has 2 aliphatic rings. The Bertz CT molecular complexity index is 1020. The zero-order valence-electron chi connectivity index (χ0n) is 15.4. The van der Waals surface area contributed by atoms with Gasteiger partial charge in [-0.25, -0.2) is 17.2 Å². The van der Waals surface area contributed by atoms with Crippen molar-refractivity contribution in [1.82, 2.24) is 9.62 Å². The molecule has 2 aromatic rings. The number of sulfonamides is 1. The summed E-state index contributed by atoms with van der Waals surface area (Å²) in [4.78, 5) is 13.1. The fourth-order valence-corrected chi connectivity index (χ4v) is 6.27. The van der Waals surface area contributed by atoms with Gasteiger partial charge in [-0.1, -0.05) is 6.07 Å². The van der Waals surface area contributed by atoms with Gasteiger partial charge in [0.2, 0.25) is 5.91 Å². The molecule has 2 atom stereocenters. The van der Waals surface area contributed by atoms with E-state index >= 15 is 0 Å². The minimum Gasteiger partial charge on any atom is -0.379 e. The summed E-state index contributed by atoms with van der Waals surface area (Å²) in [6, 6.07) is 6.95. The molecule has 1 aromatic carbocycles. The Morgan fingerprint density at radius 1 is 1.17 bits per heavy atom. The second-order valence-corrected chi connectivity index (χ2v) is 10.4. The van der Waals surface area contributed by atoms with E-state index in [1.165, 1.54) is 10.4 Å². The summed E-state index contributed by atoms with van der Waals surface area (Å²) in [5, 5.41) is 2.81. The largest absolute Gasteiger partial charge is 0.379 e. The number of amides is 1. The molecule has 4 rings (SSSR count). The first-order valence-electron chi connectivity index (χ1n) is 9.25. The van der Waals surface area contributed by atoms with E-state index in [-0.39, 0.29) is 28.5 Å². The Morgan fingerprint density at radius 3 is 2.66 bits per heavy atom. The number of hydrogen-bond donors (Lipinski definition) is 1. The predicted molar refractivity (Wildman–Crippen MR) is 103 cm³/mol. The van der Waals surface area contributed by atoms with Crippen LogP contribution in [0.15, 0.2) is 34.5 Å². The van der Waals surface area contributed by atoms with Crippen molar-refractivity contribution >= 4 is 27.3 Å². The lowest BCUT2D eigenvalue weighted by Gasteiger charge is -2.25. The molecule has 1 aromatic heterocycles. The number of nitrogens with one attached hydrogen (secondary N) is 1. The highest BCUT2D eigenvalue weighted by Crippen LogP contribution is 2.47. The maximum absolute atomic E-state index is 13.4. The smallest absolute Gasteiger partial charge is 0.252 e. The molecule has 0 spiro atoms. The number of rotatable bonds is 6. The molecular weight excluding hydrogens is 422 g/mol. The van der Waals surface area contributed by atoms with Crippen molar-refractivity contribution in [3.63, 3.8) is 0 Å². The van der Waals surface area contributed by atoms with Crippen LogP contribution in [0.2, 0.25) is 0 Å². The van der Waals surface area contributed by atoms with Crippen LogP contribution in [-0.4, -0.2) is 44.9 Å². The second-order valence-electron chi connectivity index (χ2n) is 7.08. The maximum Gasteiger partial charge on any atom is 0.252 e. The van der Waals surface area contributed by atoms with Crippen molar-refractivity contribution in [3.8, 4) is 0 Å². The molecule has 156 valence electrons. The number of ether oxygens (including phenoxy) is 1. The lowest BCUT2D eigenvalue weighted by molar-refractivity contribution is -0.122. The third kappa shape index (κ3) is 4.35. The number of halogens is 2. The minimum absolute atomic E-state index is 0.120. The molecule has 29 heavy (non-hydrogen) atoms. The van der Waals surface area contributed by atoms with E-state index in [1.807, 2.05) is 0 Å². The zero-order valence-corrected chi connectivity index (χ0v) is 17.1. The van der Waals surface area contributed by atoms with E-state index in [1.54, 1.807) is 12.1 Å². The van der Waals surface area contributed by atoms with Gasteiger partial charge in [-0.2, -0.15) is 4.31 Å². The Hall–Kier alpha value is -1.88. The molecule has 2 unspecified atom stereocenters. The van der Waals surface area contributed by atoms with Crippen molar-refractivity contribution in [2.45, 2.75) is 23.1 Å². The fourth-order valence-electron chi connectivity index (χ4n) is 3.41. The van der Waals surface area contributed by atoms with Crippen LogP contribution in [0.25, 0.3) is 0 Å². The molecule has 0 radical (unpaired) electrons.